The van der Waals surface area contributed by atoms with Crippen molar-refractivity contribution in [3.63, 3.8) is 0 Å². The number of hydrogen-bond acceptors (Lipinski definition) is 6. The van der Waals surface area contributed by atoms with Crippen molar-refractivity contribution in [2.45, 2.75) is 144 Å². The number of carbonyl (C=O) groups excluding carboxylic acids is 6. The van der Waals surface area contributed by atoms with E-state index >= 15 is 0 Å². The van der Waals surface area contributed by atoms with Crippen LogP contribution in [-0.2, 0) is 35.2 Å². The largest absolute Gasteiger partial charge is 0.342 e. The van der Waals surface area contributed by atoms with Gasteiger partial charge in [-0.1, -0.05) is 132 Å². The van der Waals surface area contributed by atoms with Crippen LogP contribution in [0, 0.1) is 29.6 Å². The topological polar surface area (TPSA) is 175 Å². The molecule has 1 heterocycles. The monoisotopic (exact) mass is 712 g/mol. The van der Waals surface area contributed by atoms with Gasteiger partial charge in [-0.2, -0.15) is 0 Å². The summed E-state index contributed by atoms with van der Waals surface area (Å²) in [6, 6.07) is 3.08. The van der Waals surface area contributed by atoms with E-state index in [9.17, 15) is 28.8 Å². The van der Waals surface area contributed by atoms with Crippen molar-refractivity contribution >= 4 is 35.4 Å². The van der Waals surface area contributed by atoms with Crippen molar-refractivity contribution in [2.24, 2.45) is 29.6 Å². The molecule has 1 aliphatic rings. The minimum atomic E-state index is -1.09. The Morgan fingerprint density at radius 2 is 0.667 bits per heavy atom. The van der Waals surface area contributed by atoms with Crippen LogP contribution in [-0.4, -0.2) is 71.7 Å². The molecule has 6 N–H and O–H groups in total. The fraction of sp³-hybridized carbons (Fsp3) is 0.692. The Labute approximate surface area is 305 Å². The minimum absolute atomic E-state index is 0.134. The van der Waals surface area contributed by atoms with E-state index in [0.29, 0.717) is 32.1 Å². The van der Waals surface area contributed by atoms with Crippen LogP contribution in [0.5, 0.6) is 0 Å². The van der Waals surface area contributed by atoms with Crippen LogP contribution in [0.2, 0.25) is 0 Å². The van der Waals surface area contributed by atoms with Crippen molar-refractivity contribution in [3.8, 4) is 0 Å². The van der Waals surface area contributed by atoms with Crippen LogP contribution >= 0.6 is 0 Å². The van der Waals surface area contributed by atoms with Gasteiger partial charge in [0.05, 0.1) is 0 Å². The summed E-state index contributed by atoms with van der Waals surface area (Å²) in [5.41, 5.74) is 0.790. The lowest BCUT2D eigenvalue weighted by molar-refractivity contribution is -0.138. The fourth-order valence-corrected chi connectivity index (χ4v) is 6.06. The van der Waals surface area contributed by atoms with E-state index in [0.717, 1.165) is 5.56 Å². The summed E-state index contributed by atoms with van der Waals surface area (Å²) in [7, 11) is 0. The van der Waals surface area contributed by atoms with Gasteiger partial charge in [-0.05, 0) is 35.2 Å². The molecule has 0 radical (unpaired) electrons. The maximum atomic E-state index is 14.1. The molecular weight excluding hydrogens is 648 g/mol. The average Bonchev–Trinajstić information content (AvgIpc) is 3.13. The SMILES string of the molecule is CC[C@H](C)[C@@H]1NC(=O)[C@H](Cc2ccccc2)NC(=O)[C@H]([C@@H](C)CC)NC(=O)[C@H]([C@@H](C)CC)NC(=O)[C@H]([C@@H](C)CC)NC(=O)[C@H]([C@@H](C)CC)NC1=O. The second kappa shape index (κ2) is 20.8. The summed E-state index contributed by atoms with van der Waals surface area (Å²) in [6.07, 6.45) is 2.89. The Bertz CT molecular complexity index is 1310. The van der Waals surface area contributed by atoms with Crippen LogP contribution in [0.15, 0.2) is 30.3 Å². The van der Waals surface area contributed by atoms with Gasteiger partial charge in [0.2, 0.25) is 35.4 Å². The number of amides is 6. The number of hydrogen-bond donors (Lipinski definition) is 6. The molecule has 1 aromatic carbocycles. The lowest BCUT2D eigenvalue weighted by atomic mass is 9.92. The maximum Gasteiger partial charge on any atom is 0.243 e. The van der Waals surface area contributed by atoms with E-state index in [1.54, 1.807) is 0 Å². The smallest absolute Gasteiger partial charge is 0.243 e. The zero-order chi connectivity index (χ0) is 38.4. The van der Waals surface area contributed by atoms with Gasteiger partial charge in [0, 0.05) is 6.42 Å². The molecule has 0 aliphatic carbocycles. The summed E-state index contributed by atoms with van der Waals surface area (Å²) in [5, 5.41) is 17.4. The molecular formula is C39H64N6O6. The molecule has 286 valence electrons. The Kier molecular flexibility index (Phi) is 17.6. The number of rotatable bonds is 12. The summed E-state index contributed by atoms with van der Waals surface area (Å²) in [4.78, 5) is 84.3. The molecule has 0 spiro atoms. The highest BCUT2D eigenvalue weighted by Gasteiger charge is 2.39. The van der Waals surface area contributed by atoms with E-state index in [4.69, 9.17) is 0 Å². The van der Waals surface area contributed by atoms with Gasteiger partial charge in [0.15, 0.2) is 0 Å². The first-order chi connectivity index (χ1) is 24.1. The minimum Gasteiger partial charge on any atom is -0.342 e. The van der Waals surface area contributed by atoms with Crippen LogP contribution in [0.3, 0.4) is 0 Å². The van der Waals surface area contributed by atoms with Crippen molar-refractivity contribution in [1.82, 2.24) is 31.9 Å². The van der Waals surface area contributed by atoms with Gasteiger partial charge in [-0.15, -0.1) is 0 Å². The van der Waals surface area contributed by atoms with Crippen LogP contribution in [0.1, 0.15) is 107 Å². The Balaban J connectivity index is 2.76. The van der Waals surface area contributed by atoms with Crippen molar-refractivity contribution < 1.29 is 28.8 Å². The highest BCUT2D eigenvalue weighted by Crippen LogP contribution is 2.18. The summed E-state index contributed by atoms with van der Waals surface area (Å²) in [6.45, 7) is 18.7. The fourth-order valence-electron chi connectivity index (χ4n) is 6.06. The van der Waals surface area contributed by atoms with Crippen LogP contribution in [0.25, 0.3) is 0 Å². The highest BCUT2D eigenvalue weighted by molar-refractivity contribution is 5.98. The molecule has 0 bridgehead atoms. The molecule has 6 amide bonds. The molecule has 2 rings (SSSR count). The van der Waals surface area contributed by atoms with Crippen LogP contribution < -0.4 is 31.9 Å². The van der Waals surface area contributed by atoms with Gasteiger partial charge >= 0.3 is 0 Å². The normalized spacial score (nSPS) is 27.5. The predicted octanol–water partition coefficient (Wildman–Crippen LogP) is 3.38. The molecule has 1 fully saturated rings. The number of nitrogens with one attached hydrogen (secondary N) is 6. The van der Waals surface area contributed by atoms with E-state index < -0.39 is 71.7 Å². The average molecular weight is 713 g/mol. The molecule has 0 saturated carbocycles. The molecule has 1 aromatic rings. The molecule has 1 saturated heterocycles. The standard InChI is InChI=1S/C39H64N6O6/c1-11-22(6)29-35(47)40-28(21-27-19-17-16-18-20-27)34(46)41-30(23(7)12-2)36(48)43-32(25(9)14-4)38(50)45-33(26(10)15-5)39(51)44-31(24(8)13-3)37(49)42-29/h16-20,22-26,28-33H,11-15,21H2,1-10H3,(H,40,47)(H,41,46)(H,42,49)(H,43,48)(H,44,51)(H,45,50)/t22-,23-,24-,25-,26-,28-,29-,30-,31-,32-,33-/m0/s1. The maximum absolute atomic E-state index is 14.1. The molecule has 51 heavy (non-hydrogen) atoms. The summed E-state index contributed by atoms with van der Waals surface area (Å²) in [5.74, 6) is -4.79. The summed E-state index contributed by atoms with van der Waals surface area (Å²) >= 11 is 0. The van der Waals surface area contributed by atoms with E-state index in [2.05, 4.69) is 31.9 Å². The van der Waals surface area contributed by atoms with Crippen LogP contribution in [0.4, 0.5) is 0 Å². The third kappa shape index (κ3) is 12.1. The number of carbonyl (C=O) groups is 6. The Hall–Kier alpha value is -3.96. The third-order valence-corrected chi connectivity index (χ3v) is 10.9. The van der Waals surface area contributed by atoms with E-state index in [1.165, 1.54) is 0 Å². The highest BCUT2D eigenvalue weighted by atomic mass is 16.2. The van der Waals surface area contributed by atoms with Gasteiger partial charge < -0.3 is 31.9 Å². The van der Waals surface area contributed by atoms with Gasteiger partial charge in [-0.25, -0.2) is 0 Å². The lowest BCUT2D eigenvalue weighted by Crippen LogP contribution is -2.64. The quantitative estimate of drug-likeness (QED) is 0.194. The second-order valence-corrected chi connectivity index (χ2v) is 14.6. The van der Waals surface area contributed by atoms with Gasteiger partial charge in [-0.3, -0.25) is 28.8 Å². The summed E-state index contributed by atoms with van der Waals surface area (Å²) < 4.78 is 0. The molecule has 12 heteroatoms. The number of benzene rings is 1. The molecule has 0 aromatic heterocycles. The van der Waals surface area contributed by atoms with E-state index in [1.807, 2.05) is 99.6 Å². The molecule has 12 nitrogen and oxygen atoms in total. The molecule has 11 atom stereocenters. The van der Waals surface area contributed by atoms with E-state index in [-0.39, 0.29) is 36.0 Å². The first-order valence-corrected chi connectivity index (χ1v) is 19.0. The Morgan fingerprint density at radius 3 is 0.941 bits per heavy atom. The zero-order valence-corrected chi connectivity index (χ0v) is 32.4. The van der Waals surface area contributed by atoms with Crippen molar-refractivity contribution in [3.05, 3.63) is 35.9 Å². The zero-order valence-electron chi connectivity index (χ0n) is 32.4. The first-order valence-electron chi connectivity index (χ1n) is 19.0. The third-order valence-electron chi connectivity index (χ3n) is 10.9. The van der Waals surface area contributed by atoms with Gasteiger partial charge in [0.25, 0.3) is 0 Å². The molecule has 1 aliphatic heterocycles. The van der Waals surface area contributed by atoms with Crippen molar-refractivity contribution in [1.29, 1.82) is 0 Å². The van der Waals surface area contributed by atoms with Gasteiger partial charge in [0.1, 0.15) is 36.3 Å². The Morgan fingerprint density at radius 1 is 0.412 bits per heavy atom. The molecule has 0 unspecified atom stereocenters. The van der Waals surface area contributed by atoms with Crippen molar-refractivity contribution in [2.75, 3.05) is 0 Å². The first kappa shape index (κ1) is 43.2. The second-order valence-electron chi connectivity index (χ2n) is 14.6. The predicted molar refractivity (Wildman–Crippen MR) is 199 cm³/mol. The lowest BCUT2D eigenvalue weighted by Gasteiger charge is -2.34.